The molecule has 3 aliphatic rings. The number of hydrogen-bond acceptors (Lipinski definition) is 24. The molecule has 6 rings (SSSR count). The van der Waals surface area contributed by atoms with Gasteiger partial charge in [0.15, 0.2) is 24.8 Å². The molecule has 3 aromatic carbocycles. The number of alkyl carbamates (subject to hydrolysis) is 5. The van der Waals surface area contributed by atoms with Crippen LogP contribution in [0.25, 0.3) is 0 Å². The molecule has 30 nitrogen and oxygen atoms in total. The van der Waals surface area contributed by atoms with Gasteiger partial charge < -0.3 is 104 Å². The van der Waals surface area contributed by atoms with Gasteiger partial charge in [0.05, 0.1) is 24.8 Å². The van der Waals surface area contributed by atoms with Crippen LogP contribution in [0.2, 0.25) is 0 Å². The molecule has 8 N–H and O–H groups in total. The van der Waals surface area contributed by atoms with E-state index in [0.29, 0.717) is 16.7 Å². The second-order valence-electron chi connectivity index (χ2n) is 30.0. The van der Waals surface area contributed by atoms with Crippen LogP contribution in [-0.2, 0) is 86.4 Å². The van der Waals surface area contributed by atoms with E-state index in [1.165, 1.54) is 0 Å². The predicted molar refractivity (Wildman–Crippen MR) is 365 cm³/mol. The van der Waals surface area contributed by atoms with Gasteiger partial charge >= 0.3 is 48.4 Å². The lowest BCUT2D eigenvalue weighted by Crippen LogP contribution is -2.76. The third-order valence-corrected chi connectivity index (χ3v) is 15.3. The highest BCUT2D eigenvalue weighted by Gasteiger charge is 2.60. The highest BCUT2D eigenvalue weighted by atomic mass is 16.7. The lowest BCUT2D eigenvalue weighted by atomic mass is 9.80. The fraction of sp³-hybridized carbons (Fsp3) is 0.625. The first kappa shape index (κ1) is 82.6. The van der Waals surface area contributed by atoms with Crippen LogP contribution in [0.1, 0.15) is 161 Å². The Hall–Kier alpha value is -8.39. The number of carbonyl (C=O) groups is 9. The number of ether oxygens (including phenoxy) is 13. The molecule has 0 radical (unpaired) electrons. The molecule has 0 bridgehead atoms. The minimum Gasteiger partial charge on any atom is -0.458 e. The second kappa shape index (κ2) is 35.2. The SMILES string of the molecule is CC(=O)O[C@@H](CCNC(=O)OC(C)(C)C)C(=O)NC1[C@@H](O[C@@H]2OC(COC(c3ccccc3)(c3ccccc3)c3ccccc3)[C@H](O)C(NC(=O)OC(C)(C)C)[C@H]2OC(C)=O)C(O)C(O[C@@H]2OC(CNC(=O)OC(C)(C)C)CCC2NC(=O)OC(C)(C)C)[C@H](NC(=O)OC(C)(C)C)[C@@H]1OC(C)=O. The quantitative estimate of drug-likeness (QED) is 0.0266. The predicted octanol–water partition coefficient (Wildman–Crippen LogP) is 7.13. The molecule has 30 heteroatoms. The van der Waals surface area contributed by atoms with Crippen LogP contribution in [0.3, 0.4) is 0 Å². The maximum atomic E-state index is 15.3. The van der Waals surface area contributed by atoms with E-state index in [1.54, 1.807) is 104 Å². The third-order valence-electron chi connectivity index (χ3n) is 15.3. The normalized spacial score (nSPS) is 25.1. The Morgan fingerprint density at radius 2 is 0.873 bits per heavy atom. The summed E-state index contributed by atoms with van der Waals surface area (Å²) in [5, 5.41) is 42.4. The summed E-state index contributed by atoms with van der Waals surface area (Å²) in [5.41, 5.74) is -4.94. The van der Waals surface area contributed by atoms with Crippen molar-refractivity contribution in [2.75, 3.05) is 19.7 Å². The minimum absolute atomic E-state index is 0.0295. The number of carbonyl (C=O) groups excluding carboxylic acids is 9. The van der Waals surface area contributed by atoms with E-state index in [4.69, 9.17) is 61.6 Å². The van der Waals surface area contributed by atoms with E-state index in [9.17, 15) is 48.6 Å². The van der Waals surface area contributed by atoms with Crippen molar-refractivity contribution in [1.29, 1.82) is 0 Å². The minimum atomic E-state index is -2.32. The zero-order valence-corrected chi connectivity index (χ0v) is 61.4. The van der Waals surface area contributed by atoms with Crippen molar-refractivity contribution in [2.45, 2.75) is 269 Å². The maximum Gasteiger partial charge on any atom is 0.408 e. The molecule has 15 atom stereocenters. The van der Waals surface area contributed by atoms with E-state index in [1.807, 2.05) is 91.0 Å². The van der Waals surface area contributed by atoms with Crippen LogP contribution in [-0.4, -0.2) is 204 Å². The average Bonchev–Trinajstić information content (AvgIpc) is 0.756. The smallest absolute Gasteiger partial charge is 0.408 e. The summed E-state index contributed by atoms with van der Waals surface area (Å²) in [4.78, 5) is 124. The van der Waals surface area contributed by atoms with Gasteiger partial charge in [-0.2, -0.15) is 0 Å². The van der Waals surface area contributed by atoms with Crippen LogP contribution in [0, 0.1) is 0 Å². The molecule has 3 fully saturated rings. The first-order valence-electron chi connectivity index (χ1n) is 33.9. The van der Waals surface area contributed by atoms with Crippen LogP contribution in [0.4, 0.5) is 24.0 Å². The Bertz CT molecular complexity index is 3200. The van der Waals surface area contributed by atoms with Crippen molar-refractivity contribution >= 4 is 54.3 Å². The monoisotopic (exact) mass is 1440 g/mol. The molecule has 2 saturated heterocycles. The third kappa shape index (κ3) is 25.2. The number of esters is 3. The topological polar surface area (TPSA) is 386 Å². The van der Waals surface area contributed by atoms with Gasteiger partial charge in [0, 0.05) is 40.3 Å². The van der Waals surface area contributed by atoms with E-state index >= 15 is 4.79 Å². The largest absolute Gasteiger partial charge is 0.458 e. The summed E-state index contributed by atoms with van der Waals surface area (Å²) in [6, 6.07) is 20.5. The van der Waals surface area contributed by atoms with E-state index in [-0.39, 0.29) is 25.9 Å². The maximum absolute atomic E-state index is 15.3. The first-order chi connectivity index (χ1) is 47.4. The van der Waals surface area contributed by atoms with Crippen molar-refractivity contribution in [3.05, 3.63) is 108 Å². The Balaban J connectivity index is 1.61. The van der Waals surface area contributed by atoms with E-state index < -0.39 is 193 Å². The summed E-state index contributed by atoms with van der Waals surface area (Å²) in [6.45, 7) is 26.0. The van der Waals surface area contributed by atoms with Crippen molar-refractivity contribution in [3.63, 3.8) is 0 Å². The van der Waals surface area contributed by atoms with Gasteiger partial charge in [-0.05, 0) is 133 Å². The summed E-state index contributed by atoms with van der Waals surface area (Å²) in [7, 11) is 0. The molecule has 1 saturated carbocycles. The molecule has 0 spiro atoms. The van der Waals surface area contributed by atoms with Gasteiger partial charge in [-0.25, -0.2) is 24.0 Å². The molecule has 0 aromatic heterocycles. The second-order valence-corrected chi connectivity index (χ2v) is 30.0. The van der Waals surface area contributed by atoms with Gasteiger partial charge in [0.1, 0.15) is 82.3 Å². The van der Waals surface area contributed by atoms with Gasteiger partial charge in [0.25, 0.3) is 5.91 Å². The summed E-state index contributed by atoms with van der Waals surface area (Å²) in [5.74, 6) is -4.27. The molecule has 1 aliphatic carbocycles. The molecule has 102 heavy (non-hydrogen) atoms. The Morgan fingerprint density at radius 1 is 0.461 bits per heavy atom. The van der Waals surface area contributed by atoms with Crippen molar-refractivity contribution in [1.82, 2.24) is 31.9 Å². The van der Waals surface area contributed by atoms with Gasteiger partial charge in [-0.15, -0.1) is 0 Å². The average molecular weight is 1440 g/mol. The zero-order chi connectivity index (χ0) is 75.9. The van der Waals surface area contributed by atoms with Gasteiger partial charge in [0.2, 0.25) is 0 Å². The Labute approximate surface area is 595 Å². The molecule has 6 amide bonds. The van der Waals surface area contributed by atoms with Crippen LogP contribution in [0.5, 0.6) is 0 Å². The fourth-order valence-electron chi connectivity index (χ4n) is 11.6. The number of rotatable bonds is 23. The van der Waals surface area contributed by atoms with Crippen molar-refractivity contribution in [3.8, 4) is 0 Å². The van der Waals surface area contributed by atoms with E-state index in [2.05, 4.69) is 31.9 Å². The van der Waals surface area contributed by atoms with Crippen LogP contribution < -0.4 is 31.9 Å². The van der Waals surface area contributed by atoms with Crippen LogP contribution >= 0.6 is 0 Å². The first-order valence-corrected chi connectivity index (χ1v) is 33.9. The summed E-state index contributed by atoms with van der Waals surface area (Å²) < 4.78 is 80.1. The van der Waals surface area contributed by atoms with Crippen LogP contribution in [0.15, 0.2) is 91.0 Å². The Kier molecular flexibility index (Phi) is 28.5. The fourth-order valence-corrected chi connectivity index (χ4v) is 11.6. The number of amides is 6. The summed E-state index contributed by atoms with van der Waals surface area (Å²) in [6.07, 6.45) is -26.0. The number of nitrogens with one attached hydrogen (secondary N) is 6. The van der Waals surface area contributed by atoms with Crippen molar-refractivity contribution < 1.29 is 115 Å². The molecule has 2 aliphatic heterocycles. The Morgan fingerprint density at radius 3 is 1.32 bits per heavy atom. The molecule has 2 heterocycles. The highest BCUT2D eigenvalue weighted by Crippen LogP contribution is 2.42. The molecule has 3 aromatic rings. The molecular weight excluding hydrogens is 1330 g/mol. The number of aliphatic hydroxyl groups is 2. The number of hydrogen-bond donors (Lipinski definition) is 8. The number of benzene rings is 3. The van der Waals surface area contributed by atoms with Crippen molar-refractivity contribution in [2.24, 2.45) is 0 Å². The molecule has 7 unspecified atom stereocenters. The molecule has 566 valence electrons. The van der Waals surface area contributed by atoms with E-state index in [0.717, 1.165) is 20.8 Å². The lowest BCUT2D eigenvalue weighted by Gasteiger charge is -2.52. The van der Waals surface area contributed by atoms with Gasteiger partial charge in [-0.3, -0.25) is 19.2 Å². The standard InChI is InChI=1S/C72H104N6O24/c1-40(79)91-48(36-37-73-62(85)98-67(4,5)6)59(84)76-51-55(92-41(2)80)52(78-66(89)102-71(16,17)18)57(96-60-47(75-64(87)100-69(10,11)12)35-34-46(94-60)38-74-63(86)99-68(7,8)9)54(83)56(51)97-61-58(93-42(3)81)50(77-65(88)101-70(13,14)15)53(82)49(95-61)39-90-72(43-28-22-19-23-29-43,44-30-24-20-25-31-44)45-32-26-21-27-33-45/h19-33,46-58,60-61,82-83H,34-39H2,1-18H3,(H,73,85)(H,74,86)(H,75,87)(H,76,84)(H,77,88)(H,78,89)/t46?,47?,48-,49?,50?,51?,52+,53-,54?,55+,56+,57?,58+,60-,61-/m0/s1. The zero-order valence-electron chi connectivity index (χ0n) is 61.4. The summed E-state index contributed by atoms with van der Waals surface area (Å²) >= 11 is 0. The highest BCUT2D eigenvalue weighted by molar-refractivity contribution is 5.84. The number of aliphatic hydroxyl groups excluding tert-OH is 2. The lowest BCUT2D eigenvalue weighted by molar-refractivity contribution is -0.325. The molecular formula is C72H104N6O24. The van der Waals surface area contributed by atoms with Gasteiger partial charge in [-0.1, -0.05) is 91.0 Å².